The number of hydrogen-bond donors (Lipinski definition) is 1. The molecule has 0 amide bonds. The summed E-state index contributed by atoms with van der Waals surface area (Å²) in [6.45, 7) is 2.44. The molecular weight excluding hydrogens is 304 g/mol. The maximum Gasteiger partial charge on any atom is 0.201 e. The fourth-order valence-electron chi connectivity index (χ4n) is 3.79. The van der Waals surface area contributed by atoms with Crippen molar-refractivity contribution in [2.75, 3.05) is 18.8 Å². The van der Waals surface area contributed by atoms with Gasteiger partial charge in [0.25, 0.3) is 0 Å². The molecule has 0 radical (unpaired) electrons. The Labute approximate surface area is 120 Å². The van der Waals surface area contributed by atoms with E-state index in [4.69, 9.17) is 5.73 Å². The second-order valence-electron chi connectivity index (χ2n) is 5.57. The van der Waals surface area contributed by atoms with Crippen LogP contribution in [0.25, 0.3) is 11.0 Å². The zero-order valence-electron chi connectivity index (χ0n) is 10.7. The van der Waals surface area contributed by atoms with Gasteiger partial charge in [-0.05, 0) is 44.0 Å². The van der Waals surface area contributed by atoms with Crippen molar-refractivity contribution in [3.8, 4) is 0 Å². The number of halogens is 1. The van der Waals surface area contributed by atoms with Gasteiger partial charge in [-0.15, -0.1) is 0 Å². The Kier molecular flexibility index (Phi) is 2.60. The van der Waals surface area contributed by atoms with Gasteiger partial charge in [-0.25, -0.2) is 4.98 Å². The number of nitrogen functional groups attached to an aromatic ring is 1. The SMILES string of the molecule is Nc1nc2ccc(Br)cc2n1C1CCN2CCCC12. The van der Waals surface area contributed by atoms with Crippen LogP contribution in [0, 0.1) is 0 Å². The van der Waals surface area contributed by atoms with Crippen LogP contribution in [0.15, 0.2) is 22.7 Å². The molecule has 2 aromatic rings. The van der Waals surface area contributed by atoms with Crippen LogP contribution < -0.4 is 5.73 Å². The molecular formula is C14H17BrN4. The molecule has 2 atom stereocenters. The first-order valence-electron chi connectivity index (χ1n) is 6.91. The standard InChI is InChI=1S/C14H17BrN4/c15-9-3-4-10-13(8-9)19(14(16)17-10)12-5-7-18-6-1-2-11(12)18/h3-4,8,11-12H,1-2,5-7H2,(H2,16,17). The Bertz CT molecular complexity index is 636. The summed E-state index contributed by atoms with van der Waals surface area (Å²) in [5, 5.41) is 0. The quantitative estimate of drug-likeness (QED) is 0.878. The predicted molar refractivity (Wildman–Crippen MR) is 80.1 cm³/mol. The first-order valence-corrected chi connectivity index (χ1v) is 7.70. The molecule has 2 unspecified atom stereocenters. The molecule has 0 aliphatic carbocycles. The first kappa shape index (κ1) is 11.7. The summed E-state index contributed by atoms with van der Waals surface area (Å²) in [5.41, 5.74) is 8.34. The molecule has 2 fully saturated rings. The lowest BCUT2D eigenvalue weighted by Crippen LogP contribution is -2.28. The topological polar surface area (TPSA) is 47.1 Å². The van der Waals surface area contributed by atoms with Crippen LogP contribution in [0.3, 0.4) is 0 Å². The van der Waals surface area contributed by atoms with Gasteiger partial charge in [-0.2, -0.15) is 0 Å². The molecule has 1 aromatic heterocycles. The van der Waals surface area contributed by atoms with E-state index >= 15 is 0 Å². The van der Waals surface area contributed by atoms with Crippen LogP contribution in [0.2, 0.25) is 0 Å². The number of aromatic nitrogens is 2. The Hall–Kier alpha value is -1.07. The third-order valence-electron chi connectivity index (χ3n) is 4.58. The Morgan fingerprint density at radius 1 is 1.21 bits per heavy atom. The molecule has 2 aliphatic rings. The monoisotopic (exact) mass is 320 g/mol. The zero-order chi connectivity index (χ0) is 13.0. The largest absolute Gasteiger partial charge is 0.369 e. The summed E-state index contributed by atoms with van der Waals surface area (Å²) in [4.78, 5) is 7.12. The molecule has 100 valence electrons. The minimum atomic E-state index is 0.488. The van der Waals surface area contributed by atoms with Crippen molar-refractivity contribution in [2.45, 2.75) is 31.3 Å². The van der Waals surface area contributed by atoms with E-state index in [-0.39, 0.29) is 0 Å². The van der Waals surface area contributed by atoms with Crippen LogP contribution in [0.1, 0.15) is 25.3 Å². The van der Waals surface area contributed by atoms with Crippen LogP contribution in [0.5, 0.6) is 0 Å². The smallest absolute Gasteiger partial charge is 0.201 e. The summed E-state index contributed by atoms with van der Waals surface area (Å²) in [6.07, 6.45) is 3.79. The number of imidazole rings is 1. The Balaban J connectivity index is 1.86. The highest BCUT2D eigenvalue weighted by atomic mass is 79.9. The predicted octanol–water partition coefficient (Wildman–Crippen LogP) is 2.79. The highest BCUT2D eigenvalue weighted by Gasteiger charge is 2.39. The van der Waals surface area contributed by atoms with Gasteiger partial charge in [0, 0.05) is 17.1 Å². The van der Waals surface area contributed by atoms with E-state index in [1.54, 1.807) is 0 Å². The third kappa shape index (κ3) is 1.71. The highest BCUT2D eigenvalue weighted by molar-refractivity contribution is 9.10. The van der Waals surface area contributed by atoms with Gasteiger partial charge < -0.3 is 10.3 Å². The Morgan fingerprint density at radius 2 is 2.11 bits per heavy atom. The minimum absolute atomic E-state index is 0.488. The number of anilines is 1. The van der Waals surface area contributed by atoms with E-state index in [9.17, 15) is 0 Å². The van der Waals surface area contributed by atoms with Gasteiger partial charge >= 0.3 is 0 Å². The molecule has 19 heavy (non-hydrogen) atoms. The highest BCUT2D eigenvalue weighted by Crippen LogP contribution is 2.39. The number of nitrogens with zero attached hydrogens (tertiary/aromatic N) is 3. The van der Waals surface area contributed by atoms with Crippen LogP contribution in [-0.2, 0) is 0 Å². The lowest BCUT2D eigenvalue weighted by atomic mass is 10.1. The zero-order valence-corrected chi connectivity index (χ0v) is 12.3. The molecule has 4 nitrogen and oxygen atoms in total. The van der Waals surface area contributed by atoms with Crippen molar-refractivity contribution < 1.29 is 0 Å². The first-order chi connectivity index (χ1) is 9.24. The summed E-state index contributed by atoms with van der Waals surface area (Å²) in [5.74, 6) is 0.659. The van der Waals surface area contributed by atoms with E-state index in [0.29, 0.717) is 18.0 Å². The van der Waals surface area contributed by atoms with Crippen molar-refractivity contribution in [3.05, 3.63) is 22.7 Å². The fraction of sp³-hybridized carbons (Fsp3) is 0.500. The molecule has 2 aliphatic heterocycles. The van der Waals surface area contributed by atoms with E-state index in [1.165, 1.54) is 32.4 Å². The van der Waals surface area contributed by atoms with Crippen molar-refractivity contribution in [1.82, 2.24) is 14.5 Å². The van der Waals surface area contributed by atoms with E-state index < -0.39 is 0 Å². The third-order valence-corrected chi connectivity index (χ3v) is 5.07. The van der Waals surface area contributed by atoms with E-state index in [2.05, 4.69) is 36.4 Å². The number of hydrogen-bond acceptors (Lipinski definition) is 3. The summed E-state index contributed by atoms with van der Waals surface area (Å²) in [6, 6.07) is 7.33. The number of nitrogens with two attached hydrogens (primary N) is 1. The molecule has 2 saturated heterocycles. The number of fused-ring (bicyclic) bond motifs is 2. The second kappa shape index (κ2) is 4.21. The molecule has 0 bridgehead atoms. The average Bonchev–Trinajstić information content (AvgIpc) is 3.03. The molecule has 3 heterocycles. The van der Waals surface area contributed by atoms with Gasteiger partial charge in [-0.1, -0.05) is 15.9 Å². The average molecular weight is 321 g/mol. The van der Waals surface area contributed by atoms with Gasteiger partial charge in [0.05, 0.1) is 17.1 Å². The Morgan fingerprint density at radius 3 is 3.00 bits per heavy atom. The van der Waals surface area contributed by atoms with Crippen LogP contribution in [0.4, 0.5) is 5.95 Å². The molecule has 4 rings (SSSR count). The number of rotatable bonds is 1. The van der Waals surface area contributed by atoms with E-state index in [1.807, 2.05) is 12.1 Å². The normalized spacial score (nSPS) is 27.2. The molecule has 0 spiro atoms. The van der Waals surface area contributed by atoms with Crippen molar-refractivity contribution in [3.63, 3.8) is 0 Å². The van der Waals surface area contributed by atoms with Gasteiger partial charge in [0.1, 0.15) is 0 Å². The second-order valence-corrected chi connectivity index (χ2v) is 6.49. The van der Waals surface area contributed by atoms with Crippen molar-refractivity contribution in [1.29, 1.82) is 0 Å². The molecule has 2 N–H and O–H groups in total. The minimum Gasteiger partial charge on any atom is -0.369 e. The lowest BCUT2D eigenvalue weighted by Gasteiger charge is -2.22. The van der Waals surface area contributed by atoms with Gasteiger partial charge in [0.2, 0.25) is 5.95 Å². The van der Waals surface area contributed by atoms with Crippen molar-refractivity contribution in [2.24, 2.45) is 0 Å². The molecule has 1 aromatic carbocycles. The molecule has 0 saturated carbocycles. The van der Waals surface area contributed by atoms with Crippen molar-refractivity contribution >= 4 is 32.9 Å². The summed E-state index contributed by atoms with van der Waals surface area (Å²) < 4.78 is 3.35. The fourth-order valence-corrected chi connectivity index (χ4v) is 4.14. The molecule has 5 heteroatoms. The maximum atomic E-state index is 6.18. The summed E-state index contributed by atoms with van der Waals surface area (Å²) >= 11 is 3.55. The van der Waals surface area contributed by atoms with Crippen LogP contribution >= 0.6 is 15.9 Å². The van der Waals surface area contributed by atoms with Gasteiger partial charge in [0.15, 0.2) is 0 Å². The lowest BCUT2D eigenvalue weighted by molar-refractivity contribution is 0.293. The van der Waals surface area contributed by atoms with Gasteiger partial charge in [-0.3, -0.25) is 4.90 Å². The number of benzene rings is 1. The van der Waals surface area contributed by atoms with Crippen LogP contribution in [-0.4, -0.2) is 33.6 Å². The summed E-state index contributed by atoms with van der Waals surface area (Å²) in [7, 11) is 0. The van der Waals surface area contributed by atoms with E-state index in [0.717, 1.165) is 15.5 Å². The maximum absolute atomic E-state index is 6.18.